The molecule has 1 fully saturated rings. The highest BCUT2D eigenvalue weighted by Gasteiger charge is 2.12. The molecule has 3 rings (SSSR count). The SMILES string of the molecule is CCc1cnnc(Cc2cc(OCCCN3CCCC3)c(OC)cn2)c1. The van der Waals surface area contributed by atoms with Gasteiger partial charge < -0.3 is 14.4 Å². The number of likely N-dealkylation sites (tertiary alicyclic amines) is 1. The smallest absolute Gasteiger partial charge is 0.179 e. The maximum Gasteiger partial charge on any atom is 0.179 e. The molecule has 0 atom stereocenters. The van der Waals surface area contributed by atoms with Crippen molar-refractivity contribution in [2.45, 2.75) is 39.0 Å². The van der Waals surface area contributed by atoms with Gasteiger partial charge in [0.1, 0.15) is 0 Å². The van der Waals surface area contributed by atoms with E-state index in [0.717, 1.165) is 36.5 Å². The maximum atomic E-state index is 5.98. The number of aryl methyl sites for hydroxylation is 1. The molecular weight excluding hydrogens is 328 g/mol. The molecule has 0 saturated carbocycles. The summed E-state index contributed by atoms with van der Waals surface area (Å²) in [5.41, 5.74) is 3.01. The number of hydrogen-bond acceptors (Lipinski definition) is 6. The summed E-state index contributed by atoms with van der Waals surface area (Å²) >= 11 is 0. The Bertz CT molecular complexity index is 702. The van der Waals surface area contributed by atoms with Crippen LogP contribution in [0.1, 0.15) is 43.1 Å². The largest absolute Gasteiger partial charge is 0.491 e. The summed E-state index contributed by atoms with van der Waals surface area (Å²) in [5, 5.41) is 8.27. The van der Waals surface area contributed by atoms with Crippen molar-refractivity contribution >= 4 is 0 Å². The first-order valence-corrected chi connectivity index (χ1v) is 9.47. The van der Waals surface area contributed by atoms with Crippen molar-refractivity contribution in [2.75, 3.05) is 33.4 Å². The van der Waals surface area contributed by atoms with Crippen LogP contribution in [0.5, 0.6) is 11.5 Å². The van der Waals surface area contributed by atoms with Gasteiger partial charge in [-0.1, -0.05) is 6.92 Å². The second-order valence-corrected chi connectivity index (χ2v) is 6.66. The normalized spacial score (nSPS) is 14.5. The van der Waals surface area contributed by atoms with E-state index in [1.54, 1.807) is 19.5 Å². The zero-order valence-corrected chi connectivity index (χ0v) is 15.8. The third kappa shape index (κ3) is 5.14. The monoisotopic (exact) mass is 356 g/mol. The van der Waals surface area contributed by atoms with Crippen LogP contribution < -0.4 is 9.47 Å². The van der Waals surface area contributed by atoms with Gasteiger partial charge in [0.05, 0.1) is 37.5 Å². The minimum absolute atomic E-state index is 0.634. The highest BCUT2D eigenvalue weighted by Crippen LogP contribution is 2.27. The molecule has 0 aliphatic carbocycles. The molecule has 1 aliphatic heterocycles. The molecule has 2 aromatic heterocycles. The average molecular weight is 356 g/mol. The van der Waals surface area contributed by atoms with Gasteiger partial charge in [-0.05, 0) is 50.4 Å². The van der Waals surface area contributed by atoms with Gasteiger partial charge in [-0.25, -0.2) is 0 Å². The molecule has 0 spiro atoms. The first kappa shape index (κ1) is 18.6. The van der Waals surface area contributed by atoms with E-state index in [1.165, 1.54) is 31.5 Å². The number of methoxy groups -OCH3 is 1. The Balaban J connectivity index is 1.59. The van der Waals surface area contributed by atoms with E-state index in [4.69, 9.17) is 9.47 Å². The molecule has 0 N–H and O–H groups in total. The predicted octanol–water partition coefficient (Wildman–Crippen LogP) is 2.90. The quantitative estimate of drug-likeness (QED) is 0.644. The van der Waals surface area contributed by atoms with Crippen LogP contribution in [0.4, 0.5) is 0 Å². The van der Waals surface area contributed by atoms with Crippen LogP contribution in [0.25, 0.3) is 0 Å². The first-order chi connectivity index (χ1) is 12.8. The number of pyridine rings is 1. The minimum atomic E-state index is 0.634. The predicted molar refractivity (Wildman–Crippen MR) is 101 cm³/mol. The van der Waals surface area contributed by atoms with Crippen LogP contribution >= 0.6 is 0 Å². The van der Waals surface area contributed by atoms with Crippen LogP contribution in [0.3, 0.4) is 0 Å². The molecule has 26 heavy (non-hydrogen) atoms. The van der Waals surface area contributed by atoms with Gasteiger partial charge in [0.15, 0.2) is 11.5 Å². The Morgan fingerprint density at radius 1 is 1.08 bits per heavy atom. The first-order valence-electron chi connectivity index (χ1n) is 9.47. The van der Waals surface area contributed by atoms with Crippen molar-refractivity contribution in [2.24, 2.45) is 0 Å². The topological polar surface area (TPSA) is 60.4 Å². The summed E-state index contributed by atoms with van der Waals surface area (Å²) in [6, 6.07) is 4.03. The standard InChI is InChI=1S/C20H28N4O2/c1-3-16-11-18(23-22-14-16)12-17-13-19(20(25-2)15-21-17)26-10-6-9-24-7-4-5-8-24/h11,13-15H,3-10,12H2,1-2H3. The molecular formula is C20H28N4O2. The lowest BCUT2D eigenvalue weighted by Crippen LogP contribution is -2.22. The number of hydrogen-bond donors (Lipinski definition) is 0. The van der Waals surface area contributed by atoms with Crippen LogP contribution in [-0.2, 0) is 12.8 Å². The zero-order chi connectivity index (χ0) is 18.2. The van der Waals surface area contributed by atoms with Gasteiger partial charge in [-0.2, -0.15) is 10.2 Å². The van der Waals surface area contributed by atoms with Crippen LogP contribution in [-0.4, -0.2) is 53.4 Å². The van der Waals surface area contributed by atoms with Gasteiger partial charge in [0.25, 0.3) is 0 Å². The summed E-state index contributed by atoms with van der Waals surface area (Å²) in [6.07, 6.45) is 8.78. The fourth-order valence-electron chi connectivity index (χ4n) is 3.23. The molecule has 6 heteroatoms. The number of nitrogens with zero attached hydrogens (tertiary/aromatic N) is 4. The van der Waals surface area contributed by atoms with E-state index >= 15 is 0 Å². The van der Waals surface area contributed by atoms with E-state index in [-0.39, 0.29) is 0 Å². The zero-order valence-electron chi connectivity index (χ0n) is 15.8. The summed E-state index contributed by atoms with van der Waals surface area (Å²) in [7, 11) is 1.64. The number of ether oxygens (including phenoxy) is 2. The molecule has 0 aromatic carbocycles. The Morgan fingerprint density at radius 2 is 1.92 bits per heavy atom. The number of aromatic nitrogens is 3. The highest BCUT2D eigenvalue weighted by molar-refractivity contribution is 5.39. The van der Waals surface area contributed by atoms with Gasteiger partial charge in [0, 0.05) is 19.0 Å². The third-order valence-corrected chi connectivity index (χ3v) is 4.72. The van der Waals surface area contributed by atoms with Gasteiger partial charge >= 0.3 is 0 Å². The molecule has 0 unspecified atom stereocenters. The Labute approximate surface area is 155 Å². The Hall–Kier alpha value is -2.21. The lowest BCUT2D eigenvalue weighted by atomic mass is 10.1. The molecule has 3 heterocycles. The van der Waals surface area contributed by atoms with E-state index < -0.39 is 0 Å². The van der Waals surface area contributed by atoms with Crippen LogP contribution in [0, 0.1) is 0 Å². The second-order valence-electron chi connectivity index (χ2n) is 6.66. The van der Waals surface area contributed by atoms with Crippen molar-refractivity contribution < 1.29 is 9.47 Å². The van der Waals surface area contributed by atoms with Crippen molar-refractivity contribution in [3.63, 3.8) is 0 Å². The summed E-state index contributed by atoms with van der Waals surface area (Å²) in [5.74, 6) is 1.42. The minimum Gasteiger partial charge on any atom is -0.491 e. The van der Waals surface area contributed by atoms with Gasteiger partial charge in [0.2, 0.25) is 0 Å². The number of rotatable bonds is 9. The van der Waals surface area contributed by atoms with Gasteiger partial charge in [-0.3, -0.25) is 4.98 Å². The summed E-state index contributed by atoms with van der Waals surface area (Å²) in [4.78, 5) is 6.97. The second kappa shape index (κ2) is 9.48. The van der Waals surface area contributed by atoms with E-state index in [0.29, 0.717) is 18.8 Å². The maximum absolute atomic E-state index is 5.98. The molecule has 2 aromatic rings. The van der Waals surface area contributed by atoms with Crippen molar-refractivity contribution in [3.8, 4) is 11.5 Å². The van der Waals surface area contributed by atoms with E-state index in [9.17, 15) is 0 Å². The lowest BCUT2D eigenvalue weighted by molar-refractivity contribution is 0.253. The molecule has 1 saturated heterocycles. The fourth-order valence-corrected chi connectivity index (χ4v) is 3.23. The molecule has 0 bridgehead atoms. The van der Waals surface area contributed by atoms with Gasteiger partial charge in [-0.15, -0.1) is 0 Å². The summed E-state index contributed by atoms with van der Waals surface area (Å²) in [6.45, 7) is 6.34. The summed E-state index contributed by atoms with van der Waals surface area (Å²) < 4.78 is 11.4. The molecule has 0 radical (unpaired) electrons. The van der Waals surface area contributed by atoms with E-state index in [2.05, 4.69) is 33.1 Å². The van der Waals surface area contributed by atoms with Crippen LogP contribution in [0.15, 0.2) is 24.5 Å². The van der Waals surface area contributed by atoms with Crippen molar-refractivity contribution in [3.05, 3.63) is 41.5 Å². The van der Waals surface area contributed by atoms with Crippen LogP contribution in [0.2, 0.25) is 0 Å². The molecule has 6 nitrogen and oxygen atoms in total. The third-order valence-electron chi connectivity index (χ3n) is 4.72. The fraction of sp³-hybridized carbons (Fsp3) is 0.550. The Kier molecular flexibility index (Phi) is 6.77. The lowest BCUT2D eigenvalue weighted by Gasteiger charge is -2.15. The highest BCUT2D eigenvalue weighted by atomic mass is 16.5. The average Bonchev–Trinajstić information content (AvgIpc) is 3.19. The van der Waals surface area contributed by atoms with E-state index in [1.807, 2.05) is 6.07 Å². The molecule has 140 valence electrons. The van der Waals surface area contributed by atoms with Crippen molar-refractivity contribution in [1.82, 2.24) is 20.1 Å². The Morgan fingerprint density at radius 3 is 2.69 bits per heavy atom. The molecule has 0 amide bonds. The molecule has 1 aliphatic rings. The van der Waals surface area contributed by atoms with Crippen molar-refractivity contribution in [1.29, 1.82) is 0 Å².